The standard InChI is InChI=1S/C26H24F2N6O2.C20H20IN5O2.C6H6BF2NO2.H2S/c1-15-10-16(2)34-14-30-33-25(34)21-4-3-5-23(31-21)32-26(35)19-11-17(7-9-22(19)36-13-15)18-6-8-20(24(27)28)29-12-18;1-12-8-13(2)26-11-22-25-19(26)16-4-3-5-18(23-16)24-20(27)15-9-14(21)6-7-17(15)28-10-12;8-6(9)5-2-1-4(3-10-5)7(11)12;/h3-9,11-12,14-16,24H,10,13H2,1-2H3,(H,31,32,35);3-7,9,11-13H,8,10H2,1-2H3,(H,23,24,27);1-3,6,11-12H;1H2/t15-,16+;12-,13+;;/m11../s1. The molecule has 0 saturated carbocycles. The zero-order chi connectivity index (χ0) is 54.0. The quantitative estimate of drug-likeness (QED) is 0.0731. The first-order valence-electron chi connectivity index (χ1n) is 23.9. The molecule has 2 aliphatic heterocycles. The van der Waals surface area contributed by atoms with E-state index in [1.54, 1.807) is 55.1 Å². The van der Waals surface area contributed by atoms with Gasteiger partial charge in [-0.1, -0.05) is 44.2 Å². The Bertz CT molecular complexity index is 3260. The van der Waals surface area contributed by atoms with Gasteiger partial charge in [0.25, 0.3) is 24.7 Å². The molecule has 0 fully saturated rings. The second-order valence-electron chi connectivity index (χ2n) is 18.2. The summed E-state index contributed by atoms with van der Waals surface area (Å²) in [7, 11) is -1.66. The number of anilines is 2. The SMILES string of the molecule is C[C@H]1COc2ccc(-c3ccc(C(F)F)nc3)cc2C(=O)Nc2cccc(n2)-c2nncn2[C@@H](C)C1.C[C@H]1COc2ccc(I)cc2C(=O)Nc2cccc(n2)-c2nncn2[C@@H](C)C1.OB(O)c1ccc(C(F)F)nc1.S. The molecule has 4 bridgehead atoms. The fourth-order valence-electron chi connectivity index (χ4n) is 8.34. The topological polar surface area (TPSA) is 230 Å². The highest BCUT2D eigenvalue weighted by Crippen LogP contribution is 2.32. The van der Waals surface area contributed by atoms with Crippen molar-refractivity contribution >= 4 is 72.1 Å². The number of benzene rings is 2. The largest absolute Gasteiger partial charge is 0.492 e. The Morgan fingerprint density at radius 3 is 1.58 bits per heavy atom. The van der Waals surface area contributed by atoms with E-state index in [0.29, 0.717) is 81.6 Å². The van der Waals surface area contributed by atoms with Gasteiger partial charge in [-0.15, -0.1) is 20.4 Å². The Labute approximate surface area is 460 Å². The van der Waals surface area contributed by atoms with E-state index in [1.807, 2.05) is 45.5 Å². The summed E-state index contributed by atoms with van der Waals surface area (Å²) in [6, 6.07) is 26.9. The van der Waals surface area contributed by atoms with Crippen LogP contribution in [0.15, 0.2) is 122 Å². The molecule has 2 amide bonds. The highest BCUT2D eigenvalue weighted by molar-refractivity contribution is 14.1. The summed E-state index contributed by atoms with van der Waals surface area (Å²) in [5, 5.41) is 39.5. The van der Waals surface area contributed by atoms with Crippen molar-refractivity contribution in [3.63, 3.8) is 0 Å². The van der Waals surface area contributed by atoms with Crippen molar-refractivity contribution in [3.05, 3.63) is 148 Å². The lowest BCUT2D eigenvalue weighted by atomic mass is 9.82. The lowest BCUT2D eigenvalue weighted by Gasteiger charge is -2.21. The lowest BCUT2D eigenvalue weighted by molar-refractivity contribution is 0.101. The Hall–Kier alpha value is -7.36. The number of nitrogens with zero attached hydrogens (tertiary/aromatic N) is 10. The number of alkyl halides is 4. The summed E-state index contributed by atoms with van der Waals surface area (Å²) in [6.07, 6.45) is 2.19. The minimum atomic E-state index is -2.65. The number of amides is 2. The van der Waals surface area contributed by atoms with Gasteiger partial charge in [0.2, 0.25) is 0 Å². The van der Waals surface area contributed by atoms with Crippen molar-refractivity contribution in [3.8, 4) is 45.7 Å². The second kappa shape index (κ2) is 26.1. The van der Waals surface area contributed by atoms with Crippen LogP contribution in [0, 0.1) is 15.4 Å². The van der Waals surface area contributed by atoms with E-state index in [0.717, 1.165) is 28.7 Å². The molecule has 0 radical (unpaired) electrons. The average Bonchev–Trinajstić information content (AvgIpc) is 4.12. The van der Waals surface area contributed by atoms with Crippen LogP contribution in [0.3, 0.4) is 0 Å². The van der Waals surface area contributed by atoms with Gasteiger partial charge < -0.3 is 39.3 Å². The van der Waals surface area contributed by atoms with Gasteiger partial charge >= 0.3 is 7.12 Å². The van der Waals surface area contributed by atoms with E-state index in [4.69, 9.17) is 19.5 Å². The predicted molar refractivity (Wildman–Crippen MR) is 294 cm³/mol. The van der Waals surface area contributed by atoms with Crippen LogP contribution >= 0.6 is 36.1 Å². The molecule has 8 heterocycles. The molecular weight excluding hydrogens is 1130 g/mol. The van der Waals surface area contributed by atoms with E-state index in [1.165, 1.54) is 18.3 Å². The number of halogens is 5. The van der Waals surface area contributed by atoms with Crippen LogP contribution in [-0.4, -0.2) is 91.7 Å². The molecule has 2 aromatic carbocycles. The summed E-state index contributed by atoms with van der Waals surface area (Å²) in [4.78, 5) is 42.6. The number of aromatic nitrogens is 10. The molecule has 400 valence electrons. The molecule has 0 saturated heterocycles. The van der Waals surface area contributed by atoms with Gasteiger partial charge in [-0.2, -0.15) is 13.5 Å². The van der Waals surface area contributed by atoms with Crippen LogP contribution in [0.2, 0.25) is 0 Å². The monoisotopic (exact) mass is 1190 g/mol. The van der Waals surface area contributed by atoms with Gasteiger partial charge in [-0.3, -0.25) is 19.6 Å². The Balaban J connectivity index is 0.000000186. The van der Waals surface area contributed by atoms with Gasteiger partial charge in [-0.25, -0.2) is 27.5 Å². The maximum Gasteiger partial charge on any atom is 0.490 e. The van der Waals surface area contributed by atoms with E-state index in [9.17, 15) is 27.2 Å². The van der Waals surface area contributed by atoms with Crippen molar-refractivity contribution in [1.29, 1.82) is 0 Å². The van der Waals surface area contributed by atoms with Crippen LogP contribution in [-0.2, 0) is 0 Å². The number of carbonyl (C=O) groups is 2. The molecule has 25 heteroatoms. The first-order chi connectivity index (χ1) is 36.5. The highest BCUT2D eigenvalue weighted by atomic mass is 127. The highest BCUT2D eigenvalue weighted by Gasteiger charge is 2.24. The van der Waals surface area contributed by atoms with Gasteiger partial charge in [0.05, 0.1) is 24.3 Å². The second-order valence-corrected chi connectivity index (χ2v) is 19.4. The Kier molecular flexibility index (Phi) is 19.5. The molecule has 8 aromatic rings. The van der Waals surface area contributed by atoms with Gasteiger partial charge in [0.1, 0.15) is 58.6 Å². The van der Waals surface area contributed by atoms with Gasteiger partial charge in [0, 0.05) is 39.1 Å². The predicted octanol–water partition coefficient (Wildman–Crippen LogP) is 9.56. The maximum absolute atomic E-state index is 13.4. The first kappa shape index (κ1) is 57.4. The minimum Gasteiger partial charge on any atom is -0.492 e. The summed E-state index contributed by atoms with van der Waals surface area (Å²) in [6.45, 7) is 9.36. The third kappa shape index (κ3) is 14.6. The Morgan fingerprint density at radius 1 is 0.636 bits per heavy atom. The molecule has 4 atom stereocenters. The normalized spacial score (nSPS) is 17.2. The summed E-state index contributed by atoms with van der Waals surface area (Å²) >= 11 is 2.19. The minimum absolute atomic E-state index is 0. The average molecular weight is 1190 g/mol. The molecule has 0 unspecified atom stereocenters. The van der Waals surface area contributed by atoms with Crippen LogP contribution in [0.5, 0.6) is 11.5 Å². The number of hydrogen-bond acceptors (Lipinski definition) is 14. The third-order valence-electron chi connectivity index (χ3n) is 12.2. The fourth-order valence-corrected chi connectivity index (χ4v) is 8.83. The van der Waals surface area contributed by atoms with E-state index < -0.39 is 25.9 Å². The number of ether oxygens (including phenoxy) is 2. The third-order valence-corrected chi connectivity index (χ3v) is 12.8. The summed E-state index contributed by atoms with van der Waals surface area (Å²) in [5.41, 5.74) is 2.75. The van der Waals surface area contributed by atoms with Crippen LogP contribution in [0.25, 0.3) is 34.2 Å². The Morgan fingerprint density at radius 2 is 1.12 bits per heavy atom. The van der Waals surface area contributed by atoms with Crippen LogP contribution in [0.4, 0.5) is 29.2 Å². The summed E-state index contributed by atoms with van der Waals surface area (Å²) in [5.74, 6) is 2.90. The molecule has 4 N–H and O–H groups in total. The lowest BCUT2D eigenvalue weighted by Crippen LogP contribution is -2.30. The molecule has 77 heavy (non-hydrogen) atoms. The number of hydrogen-bond donors (Lipinski definition) is 4. The molecule has 0 spiro atoms. The molecule has 6 aromatic heterocycles. The number of rotatable bonds is 4. The van der Waals surface area contributed by atoms with Crippen LogP contribution < -0.4 is 25.6 Å². The number of fused-ring (bicyclic) bond motifs is 10. The van der Waals surface area contributed by atoms with E-state index >= 15 is 0 Å². The number of carbonyl (C=O) groups excluding carboxylic acids is 2. The van der Waals surface area contributed by atoms with E-state index in [-0.39, 0.29) is 60.2 Å². The van der Waals surface area contributed by atoms with Crippen molar-refractivity contribution in [1.82, 2.24) is 49.5 Å². The zero-order valence-electron chi connectivity index (χ0n) is 41.8. The van der Waals surface area contributed by atoms with Gasteiger partial charge in [-0.05, 0) is 133 Å². The number of nitrogens with one attached hydrogen (secondary N) is 2. The molecule has 2 aliphatic rings. The maximum atomic E-state index is 13.4. The smallest absolute Gasteiger partial charge is 0.490 e. The van der Waals surface area contributed by atoms with Crippen LogP contribution in [0.1, 0.15) is 97.6 Å². The first-order valence-corrected chi connectivity index (χ1v) is 25.0. The van der Waals surface area contributed by atoms with Crippen molar-refractivity contribution in [2.24, 2.45) is 11.8 Å². The van der Waals surface area contributed by atoms with Crippen molar-refractivity contribution in [2.45, 2.75) is 65.5 Å². The molecule has 18 nitrogen and oxygen atoms in total. The molecular formula is C52H52BF4IN12O6S. The number of pyridine rings is 4. The molecule has 10 rings (SSSR count). The fraction of sp³-hybridized carbons (Fsp3) is 0.269. The van der Waals surface area contributed by atoms with E-state index in [2.05, 4.69) is 101 Å². The van der Waals surface area contributed by atoms with Crippen molar-refractivity contribution < 1.29 is 46.7 Å². The van der Waals surface area contributed by atoms with Gasteiger partial charge in [0.15, 0.2) is 11.6 Å². The summed E-state index contributed by atoms with van der Waals surface area (Å²) < 4.78 is 66.7. The molecule has 0 aliphatic carbocycles. The zero-order valence-corrected chi connectivity index (χ0v) is 45.0. The van der Waals surface area contributed by atoms with Crippen molar-refractivity contribution in [2.75, 3.05) is 23.8 Å².